The summed E-state index contributed by atoms with van der Waals surface area (Å²) >= 11 is 0. The molecule has 2 atom stereocenters. The van der Waals surface area contributed by atoms with E-state index in [2.05, 4.69) is 25.8 Å². The first kappa shape index (κ1) is 27.9. The van der Waals surface area contributed by atoms with Crippen molar-refractivity contribution < 1.29 is 9.59 Å². The van der Waals surface area contributed by atoms with Crippen molar-refractivity contribution in [3.63, 3.8) is 0 Å². The number of nitrogens with zero attached hydrogens (tertiary/aromatic N) is 2. The summed E-state index contributed by atoms with van der Waals surface area (Å²) in [6.45, 7) is 2.70. The van der Waals surface area contributed by atoms with E-state index in [1.807, 2.05) is 42.5 Å². The number of hydrogen-bond acceptors (Lipinski definition) is 4. The van der Waals surface area contributed by atoms with Gasteiger partial charge in [-0.05, 0) is 54.5 Å². The Labute approximate surface area is 226 Å². The van der Waals surface area contributed by atoms with Gasteiger partial charge in [-0.1, -0.05) is 62.4 Å². The molecule has 2 amide bonds. The Hall–Kier alpha value is -3.13. The summed E-state index contributed by atoms with van der Waals surface area (Å²) in [6.07, 6.45) is 9.98. The lowest BCUT2D eigenvalue weighted by atomic mass is 9.87. The van der Waals surface area contributed by atoms with E-state index in [4.69, 9.17) is 5.73 Å². The normalized spacial score (nSPS) is 21.3. The van der Waals surface area contributed by atoms with Gasteiger partial charge < -0.3 is 26.6 Å². The highest BCUT2D eigenvalue weighted by Crippen LogP contribution is 2.27. The molecule has 0 aromatic heterocycles. The van der Waals surface area contributed by atoms with E-state index in [0.29, 0.717) is 31.0 Å². The lowest BCUT2D eigenvalue weighted by Crippen LogP contribution is -2.49. The molecule has 2 aliphatic rings. The third kappa shape index (κ3) is 7.93. The van der Waals surface area contributed by atoms with E-state index in [9.17, 15) is 9.59 Å². The van der Waals surface area contributed by atoms with Crippen LogP contribution < -0.4 is 21.7 Å². The summed E-state index contributed by atoms with van der Waals surface area (Å²) < 4.78 is 0. The number of amides is 2. The number of aliphatic imine (C=N–C) groups is 1. The number of guanidine groups is 1. The highest BCUT2D eigenvalue weighted by Gasteiger charge is 2.31. The second-order valence-electron chi connectivity index (χ2n) is 10.8. The molecule has 0 spiro atoms. The highest BCUT2D eigenvalue weighted by molar-refractivity contribution is 5.98. The van der Waals surface area contributed by atoms with Gasteiger partial charge in [-0.15, -0.1) is 0 Å². The molecule has 2 aromatic rings. The average Bonchev–Trinajstić information content (AvgIpc) is 3.11. The first-order valence-corrected chi connectivity index (χ1v) is 14.3. The highest BCUT2D eigenvalue weighted by atomic mass is 16.2. The quantitative estimate of drug-likeness (QED) is 0.218. The van der Waals surface area contributed by atoms with Crippen LogP contribution in [0.3, 0.4) is 0 Å². The number of rotatable bonds is 10. The summed E-state index contributed by atoms with van der Waals surface area (Å²) in [6, 6.07) is 13.6. The molecule has 5 N–H and O–H groups in total. The van der Waals surface area contributed by atoms with Gasteiger partial charge in [0.1, 0.15) is 0 Å². The van der Waals surface area contributed by atoms with Gasteiger partial charge in [-0.2, -0.15) is 0 Å². The van der Waals surface area contributed by atoms with Crippen LogP contribution in [0.5, 0.6) is 0 Å². The number of nitrogens with two attached hydrogens (primary N) is 1. The standard InChI is InChI=1S/C30H44N6O2/c1-32-30(31)33-17-7-12-27-29(38)36(18-15-22-8-3-2-4-9-22)19-16-26(35-27)21-34-28(37)25-14-13-23-10-5-6-11-24(23)20-25/h5-6,10-11,13-14,20,22,26-27,35H,2-4,7-9,12,15-19,21H2,1H3,(H,34,37)(H3,31,32,33). The molecule has 2 aromatic carbocycles. The fraction of sp³-hybridized carbons (Fsp3) is 0.567. The Morgan fingerprint density at radius 2 is 1.84 bits per heavy atom. The van der Waals surface area contributed by atoms with Gasteiger partial charge in [0.2, 0.25) is 5.91 Å². The molecule has 0 radical (unpaired) electrons. The van der Waals surface area contributed by atoms with Crippen molar-refractivity contribution in [3.8, 4) is 0 Å². The number of carbonyl (C=O) groups is 2. The minimum atomic E-state index is -0.270. The zero-order valence-corrected chi connectivity index (χ0v) is 22.8. The van der Waals surface area contributed by atoms with Crippen LogP contribution in [0.15, 0.2) is 47.5 Å². The van der Waals surface area contributed by atoms with Crippen LogP contribution in [0, 0.1) is 5.92 Å². The lowest BCUT2D eigenvalue weighted by molar-refractivity contribution is -0.133. The Kier molecular flexibility index (Phi) is 10.4. The summed E-state index contributed by atoms with van der Waals surface area (Å²) in [7, 11) is 1.65. The van der Waals surface area contributed by atoms with Crippen molar-refractivity contribution in [1.82, 2.24) is 20.9 Å². The van der Waals surface area contributed by atoms with Gasteiger partial charge in [0.15, 0.2) is 5.96 Å². The van der Waals surface area contributed by atoms with E-state index in [1.165, 1.54) is 32.1 Å². The van der Waals surface area contributed by atoms with Crippen LogP contribution in [0.2, 0.25) is 0 Å². The van der Waals surface area contributed by atoms with Crippen molar-refractivity contribution >= 4 is 28.5 Å². The van der Waals surface area contributed by atoms with E-state index >= 15 is 0 Å². The van der Waals surface area contributed by atoms with Crippen molar-refractivity contribution in [3.05, 3.63) is 48.0 Å². The van der Waals surface area contributed by atoms with Gasteiger partial charge in [0, 0.05) is 44.8 Å². The number of fused-ring (bicyclic) bond motifs is 1. The van der Waals surface area contributed by atoms with E-state index in [0.717, 1.165) is 49.0 Å². The molecule has 0 bridgehead atoms. The maximum atomic E-state index is 13.5. The Morgan fingerprint density at radius 1 is 1.05 bits per heavy atom. The minimum Gasteiger partial charge on any atom is -0.370 e. The van der Waals surface area contributed by atoms with Gasteiger partial charge in [-0.25, -0.2) is 0 Å². The topological polar surface area (TPSA) is 112 Å². The molecule has 8 heteroatoms. The monoisotopic (exact) mass is 520 g/mol. The van der Waals surface area contributed by atoms with Crippen molar-refractivity contribution in [2.75, 3.05) is 33.2 Å². The number of benzene rings is 2. The molecule has 38 heavy (non-hydrogen) atoms. The molecule has 2 fully saturated rings. The maximum Gasteiger partial charge on any atom is 0.251 e. The first-order chi connectivity index (χ1) is 18.5. The molecule has 2 unspecified atom stereocenters. The molecule has 4 rings (SSSR count). The largest absolute Gasteiger partial charge is 0.370 e. The summed E-state index contributed by atoms with van der Waals surface area (Å²) in [5, 5.41) is 11.9. The summed E-state index contributed by atoms with van der Waals surface area (Å²) in [4.78, 5) is 32.5. The zero-order chi connectivity index (χ0) is 26.7. The van der Waals surface area contributed by atoms with E-state index < -0.39 is 0 Å². The first-order valence-electron chi connectivity index (χ1n) is 14.3. The lowest BCUT2D eigenvalue weighted by Gasteiger charge is -2.28. The van der Waals surface area contributed by atoms with Crippen LogP contribution in [0.1, 0.15) is 68.1 Å². The Balaban J connectivity index is 1.35. The number of hydrogen-bond donors (Lipinski definition) is 4. The fourth-order valence-electron chi connectivity index (χ4n) is 5.74. The fourth-order valence-corrected chi connectivity index (χ4v) is 5.74. The van der Waals surface area contributed by atoms with Crippen LogP contribution >= 0.6 is 0 Å². The van der Waals surface area contributed by atoms with Crippen LogP contribution in [-0.4, -0.2) is 68.0 Å². The summed E-state index contributed by atoms with van der Waals surface area (Å²) in [5.41, 5.74) is 6.41. The number of nitrogens with one attached hydrogen (secondary N) is 3. The zero-order valence-electron chi connectivity index (χ0n) is 22.8. The second kappa shape index (κ2) is 14.1. The third-order valence-electron chi connectivity index (χ3n) is 8.06. The summed E-state index contributed by atoms with van der Waals surface area (Å²) in [5.74, 6) is 1.25. The Bertz CT molecular complexity index is 1100. The SMILES string of the molecule is CN=C(N)NCCCC1NC(CNC(=O)c2ccc3ccccc3c2)CCN(CCC2CCCCC2)C1=O. The van der Waals surface area contributed by atoms with Crippen LogP contribution in [-0.2, 0) is 4.79 Å². The van der Waals surface area contributed by atoms with Gasteiger partial charge in [0.05, 0.1) is 6.04 Å². The van der Waals surface area contributed by atoms with Crippen molar-refractivity contribution in [2.45, 2.75) is 69.9 Å². The van der Waals surface area contributed by atoms with Gasteiger partial charge >= 0.3 is 0 Å². The van der Waals surface area contributed by atoms with E-state index in [-0.39, 0.29) is 23.9 Å². The molecular formula is C30H44N6O2. The molecule has 1 saturated heterocycles. The molecule has 206 valence electrons. The van der Waals surface area contributed by atoms with Gasteiger partial charge in [-0.3, -0.25) is 14.6 Å². The molecule has 1 aliphatic heterocycles. The predicted molar refractivity (Wildman–Crippen MR) is 154 cm³/mol. The second-order valence-corrected chi connectivity index (χ2v) is 10.8. The molecule has 8 nitrogen and oxygen atoms in total. The maximum absolute atomic E-state index is 13.5. The molecule has 1 aliphatic carbocycles. The molecule has 1 heterocycles. The molecule has 1 saturated carbocycles. The van der Waals surface area contributed by atoms with Crippen LogP contribution in [0.25, 0.3) is 10.8 Å². The minimum absolute atomic E-state index is 0.0308. The third-order valence-corrected chi connectivity index (χ3v) is 8.06. The van der Waals surface area contributed by atoms with Gasteiger partial charge in [0.25, 0.3) is 5.91 Å². The smallest absolute Gasteiger partial charge is 0.251 e. The predicted octanol–water partition coefficient (Wildman–Crippen LogP) is 3.41. The van der Waals surface area contributed by atoms with Crippen LogP contribution in [0.4, 0.5) is 0 Å². The van der Waals surface area contributed by atoms with Crippen molar-refractivity contribution in [2.24, 2.45) is 16.6 Å². The van der Waals surface area contributed by atoms with Crippen molar-refractivity contribution in [1.29, 1.82) is 0 Å². The van der Waals surface area contributed by atoms with E-state index in [1.54, 1.807) is 7.05 Å². The Morgan fingerprint density at radius 3 is 2.63 bits per heavy atom. The average molecular weight is 521 g/mol. The molecular weight excluding hydrogens is 476 g/mol. The number of carbonyl (C=O) groups excluding carboxylic acids is 2.